The van der Waals surface area contributed by atoms with E-state index in [4.69, 9.17) is 0 Å². The fraction of sp³-hybridized carbons (Fsp3) is 0. The first-order valence-corrected chi connectivity index (χ1v) is 15.6. The first kappa shape index (κ1) is 24.4. The zero-order valence-electron chi connectivity index (χ0n) is 23.4. The van der Waals surface area contributed by atoms with Crippen molar-refractivity contribution in [2.24, 2.45) is 0 Å². The summed E-state index contributed by atoms with van der Waals surface area (Å²) in [5.74, 6) is 0. The number of benzene rings is 8. The van der Waals surface area contributed by atoms with Crippen molar-refractivity contribution in [1.29, 1.82) is 0 Å². The van der Waals surface area contributed by atoms with Gasteiger partial charge >= 0.3 is 0 Å². The Morgan fingerprint density at radius 2 is 0.860 bits per heavy atom. The fourth-order valence-corrected chi connectivity index (χ4v) is 8.11. The predicted octanol–water partition coefficient (Wildman–Crippen LogP) is 12.5. The SMILES string of the molecule is c1ccc(-c2cccc(-c3c4ccccc4c(-c4ccc5sc6c7ccccc7ccc6c5c4)c4ccccc34)c2)cc1. The van der Waals surface area contributed by atoms with Crippen LogP contribution in [-0.4, -0.2) is 0 Å². The van der Waals surface area contributed by atoms with Crippen molar-refractivity contribution in [3.05, 3.63) is 158 Å². The molecule has 0 saturated heterocycles. The molecule has 1 aromatic heterocycles. The van der Waals surface area contributed by atoms with Gasteiger partial charge in [0.25, 0.3) is 0 Å². The lowest BCUT2D eigenvalue weighted by molar-refractivity contribution is 1.61. The molecule has 0 bridgehead atoms. The maximum Gasteiger partial charge on any atom is 0.0433 e. The molecule has 9 aromatic rings. The minimum atomic E-state index is 1.23. The lowest BCUT2D eigenvalue weighted by Gasteiger charge is -2.18. The van der Waals surface area contributed by atoms with Gasteiger partial charge < -0.3 is 0 Å². The molecule has 43 heavy (non-hydrogen) atoms. The van der Waals surface area contributed by atoms with Crippen molar-refractivity contribution in [3.63, 3.8) is 0 Å². The Bertz CT molecular complexity index is 2440. The van der Waals surface area contributed by atoms with Crippen LogP contribution in [-0.2, 0) is 0 Å². The molecule has 0 amide bonds. The molecule has 0 N–H and O–H groups in total. The summed E-state index contributed by atoms with van der Waals surface area (Å²) in [4.78, 5) is 0. The molecule has 0 aliphatic rings. The summed E-state index contributed by atoms with van der Waals surface area (Å²) < 4.78 is 2.70. The second-order valence-corrected chi connectivity index (χ2v) is 12.3. The van der Waals surface area contributed by atoms with Gasteiger partial charge in [-0.15, -0.1) is 11.3 Å². The average Bonchev–Trinajstić information content (AvgIpc) is 3.46. The molecule has 1 heteroatoms. The van der Waals surface area contributed by atoms with E-state index >= 15 is 0 Å². The van der Waals surface area contributed by atoms with Gasteiger partial charge in [-0.1, -0.05) is 140 Å². The van der Waals surface area contributed by atoms with Gasteiger partial charge in [0.2, 0.25) is 0 Å². The first-order valence-electron chi connectivity index (χ1n) is 14.8. The second kappa shape index (κ2) is 9.66. The third-order valence-corrected chi connectivity index (χ3v) is 10.1. The first-order chi connectivity index (χ1) is 21.3. The molecule has 0 radical (unpaired) electrons. The summed E-state index contributed by atoms with van der Waals surface area (Å²) >= 11 is 1.90. The lowest BCUT2D eigenvalue weighted by atomic mass is 9.85. The topological polar surface area (TPSA) is 0 Å². The number of rotatable bonds is 3. The molecule has 0 fully saturated rings. The fourth-order valence-electron chi connectivity index (χ4n) is 6.90. The minimum Gasteiger partial charge on any atom is -0.135 e. The van der Waals surface area contributed by atoms with Gasteiger partial charge in [-0.05, 0) is 83.9 Å². The molecular formula is C42H26S. The van der Waals surface area contributed by atoms with Gasteiger partial charge in [0.05, 0.1) is 0 Å². The number of hydrogen-bond donors (Lipinski definition) is 0. The largest absolute Gasteiger partial charge is 0.135 e. The average molecular weight is 563 g/mol. The van der Waals surface area contributed by atoms with E-state index in [1.165, 1.54) is 85.9 Å². The highest BCUT2D eigenvalue weighted by molar-refractivity contribution is 7.26. The Hall–Kier alpha value is -5.24. The van der Waals surface area contributed by atoms with Crippen molar-refractivity contribution in [2.75, 3.05) is 0 Å². The van der Waals surface area contributed by atoms with Crippen LogP contribution in [0.4, 0.5) is 0 Å². The highest BCUT2D eigenvalue weighted by atomic mass is 32.1. The van der Waals surface area contributed by atoms with Crippen molar-refractivity contribution in [1.82, 2.24) is 0 Å². The van der Waals surface area contributed by atoms with E-state index in [0.717, 1.165) is 0 Å². The van der Waals surface area contributed by atoms with Crippen LogP contribution in [0.25, 0.3) is 85.9 Å². The van der Waals surface area contributed by atoms with Crippen molar-refractivity contribution >= 4 is 63.8 Å². The molecule has 0 nitrogen and oxygen atoms in total. The molecule has 1 heterocycles. The molecule has 0 aliphatic carbocycles. The molecule has 9 rings (SSSR count). The Balaban J connectivity index is 1.33. The third kappa shape index (κ3) is 3.82. The van der Waals surface area contributed by atoms with Crippen LogP contribution in [0, 0.1) is 0 Å². The Labute approximate surface area is 254 Å². The van der Waals surface area contributed by atoms with E-state index in [1.807, 2.05) is 11.3 Å². The Morgan fingerprint density at radius 3 is 1.56 bits per heavy atom. The quantitative estimate of drug-likeness (QED) is 0.188. The van der Waals surface area contributed by atoms with Crippen LogP contribution in [0.1, 0.15) is 0 Å². The summed E-state index contributed by atoms with van der Waals surface area (Å²) in [6, 6.07) is 57.9. The number of thiophene rings is 1. The summed E-state index contributed by atoms with van der Waals surface area (Å²) in [6.07, 6.45) is 0. The van der Waals surface area contributed by atoms with Crippen LogP contribution in [0.15, 0.2) is 158 Å². The Morgan fingerprint density at radius 1 is 0.302 bits per heavy atom. The molecule has 0 aliphatic heterocycles. The van der Waals surface area contributed by atoms with E-state index in [2.05, 4.69) is 158 Å². The van der Waals surface area contributed by atoms with Gasteiger partial charge in [-0.2, -0.15) is 0 Å². The highest BCUT2D eigenvalue weighted by Crippen LogP contribution is 2.46. The van der Waals surface area contributed by atoms with Crippen molar-refractivity contribution in [3.8, 4) is 33.4 Å². The number of fused-ring (bicyclic) bond motifs is 7. The minimum absolute atomic E-state index is 1.23. The predicted molar refractivity (Wildman–Crippen MR) is 188 cm³/mol. The monoisotopic (exact) mass is 562 g/mol. The van der Waals surface area contributed by atoms with Crippen LogP contribution in [0.5, 0.6) is 0 Å². The van der Waals surface area contributed by atoms with E-state index in [9.17, 15) is 0 Å². The molecule has 0 atom stereocenters. The van der Waals surface area contributed by atoms with Crippen LogP contribution in [0.2, 0.25) is 0 Å². The summed E-state index contributed by atoms with van der Waals surface area (Å²) in [6.45, 7) is 0. The second-order valence-electron chi connectivity index (χ2n) is 11.3. The molecule has 0 spiro atoms. The molecule has 200 valence electrons. The van der Waals surface area contributed by atoms with Gasteiger partial charge in [-0.3, -0.25) is 0 Å². The van der Waals surface area contributed by atoms with Crippen molar-refractivity contribution in [2.45, 2.75) is 0 Å². The van der Waals surface area contributed by atoms with Gasteiger partial charge in [0.1, 0.15) is 0 Å². The molecule has 0 saturated carbocycles. The summed E-state index contributed by atoms with van der Waals surface area (Å²) in [7, 11) is 0. The van der Waals surface area contributed by atoms with Crippen LogP contribution < -0.4 is 0 Å². The maximum absolute atomic E-state index is 2.42. The van der Waals surface area contributed by atoms with Crippen LogP contribution >= 0.6 is 11.3 Å². The smallest absolute Gasteiger partial charge is 0.0433 e. The van der Waals surface area contributed by atoms with Crippen LogP contribution in [0.3, 0.4) is 0 Å². The standard InChI is InChI=1S/C42H26S/c1-2-11-27(12-3-1)29-14-10-15-30(25-29)40-33-17-6-8-19-35(33)41(36-20-9-7-18-34(36)40)31-22-24-39-38(26-31)37-23-21-28-13-4-5-16-32(28)42(37)43-39/h1-26H. The van der Waals surface area contributed by atoms with Gasteiger partial charge in [0.15, 0.2) is 0 Å². The molecule has 8 aromatic carbocycles. The third-order valence-electron chi connectivity index (χ3n) is 8.84. The summed E-state index contributed by atoms with van der Waals surface area (Å²) in [5, 5.41) is 10.4. The molecule has 0 unspecified atom stereocenters. The zero-order valence-corrected chi connectivity index (χ0v) is 24.2. The Kier molecular flexibility index (Phi) is 5.47. The molecular weight excluding hydrogens is 537 g/mol. The normalized spacial score (nSPS) is 11.7. The number of hydrogen-bond acceptors (Lipinski definition) is 1. The van der Waals surface area contributed by atoms with Gasteiger partial charge in [-0.25, -0.2) is 0 Å². The van der Waals surface area contributed by atoms with Crippen molar-refractivity contribution < 1.29 is 0 Å². The lowest BCUT2D eigenvalue weighted by Crippen LogP contribution is -1.91. The zero-order chi connectivity index (χ0) is 28.3. The van der Waals surface area contributed by atoms with Gasteiger partial charge in [0, 0.05) is 20.2 Å². The summed E-state index contributed by atoms with van der Waals surface area (Å²) in [5.41, 5.74) is 7.57. The highest BCUT2D eigenvalue weighted by Gasteiger charge is 2.18. The van der Waals surface area contributed by atoms with E-state index in [0.29, 0.717) is 0 Å². The van der Waals surface area contributed by atoms with E-state index in [1.54, 1.807) is 0 Å². The maximum atomic E-state index is 2.42. The van der Waals surface area contributed by atoms with E-state index < -0.39 is 0 Å². The van der Waals surface area contributed by atoms with E-state index in [-0.39, 0.29) is 0 Å².